The van der Waals surface area contributed by atoms with E-state index >= 15 is 0 Å². The van der Waals surface area contributed by atoms with E-state index in [0.717, 1.165) is 24.1 Å². The molecule has 1 saturated heterocycles. The Labute approximate surface area is 127 Å². The minimum absolute atomic E-state index is 0. The summed E-state index contributed by atoms with van der Waals surface area (Å²) < 4.78 is 0.834. The molecular formula is C11H16BrCl2N3O. The molecule has 4 nitrogen and oxygen atoms in total. The number of halogens is 3. The van der Waals surface area contributed by atoms with Crippen LogP contribution in [0.25, 0.3) is 0 Å². The van der Waals surface area contributed by atoms with Gasteiger partial charge in [0, 0.05) is 42.5 Å². The summed E-state index contributed by atoms with van der Waals surface area (Å²) in [5.74, 6) is 0.0581. The number of pyridine rings is 1. The Morgan fingerprint density at radius 1 is 1.50 bits per heavy atom. The summed E-state index contributed by atoms with van der Waals surface area (Å²) in [6, 6.07) is 2.05. The highest BCUT2D eigenvalue weighted by Crippen LogP contribution is 2.14. The van der Waals surface area contributed by atoms with Gasteiger partial charge in [0.15, 0.2) is 0 Å². The zero-order valence-electron chi connectivity index (χ0n) is 9.93. The Kier molecular flexibility index (Phi) is 7.78. The highest BCUT2D eigenvalue weighted by molar-refractivity contribution is 9.10. The SMILES string of the molecule is CC1CNCCN1C(=O)c1cncc(Br)c1.Cl.Cl. The van der Waals surface area contributed by atoms with Crippen molar-refractivity contribution >= 4 is 46.7 Å². The molecule has 2 rings (SSSR count). The van der Waals surface area contributed by atoms with Crippen molar-refractivity contribution in [1.29, 1.82) is 0 Å². The number of piperazine rings is 1. The summed E-state index contributed by atoms with van der Waals surface area (Å²) in [7, 11) is 0. The summed E-state index contributed by atoms with van der Waals surface area (Å²) in [5.41, 5.74) is 0.642. The predicted molar refractivity (Wildman–Crippen MR) is 79.8 cm³/mol. The second kappa shape index (κ2) is 7.94. The molecule has 1 amide bonds. The summed E-state index contributed by atoms with van der Waals surface area (Å²) in [5, 5.41) is 3.26. The molecule has 1 unspecified atom stereocenters. The maximum absolute atomic E-state index is 12.2. The van der Waals surface area contributed by atoms with Gasteiger partial charge < -0.3 is 10.2 Å². The van der Waals surface area contributed by atoms with Crippen molar-refractivity contribution in [1.82, 2.24) is 15.2 Å². The van der Waals surface area contributed by atoms with Gasteiger partial charge in [0.2, 0.25) is 0 Å². The van der Waals surface area contributed by atoms with Gasteiger partial charge in [-0.25, -0.2) is 0 Å². The van der Waals surface area contributed by atoms with Crippen LogP contribution in [0.1, 0.15) is 17.3 Å². The number of nitrogens with one attached hydrogen (secondary N) is 1. The number of amides is 1. The van der Waals surface area contributed by atoms with E-state index in [9.17, 15) is 4.79 Å². The lowest BCUT2D eigenvalue weighted by atomic mass is 10.1. The molecule has 0 saturated carbocycles. The predicted octanol–water partition coefficient (Wildman–Crippen LogP) is 2.12. The Bertz CT molecular complexity index is 406. The van der Waals surface area contributed by atoms with Crippen LogP contribution in [0.15, 0.2) is 22.9 Å². The lowest BCUT2D eigenvalue weighted by Gasteiger charge is -2.33. The van der Waals surface area contributed by atoms with Crippen molar-refractivity contribution in [3.8, 4) is 0 Å². The summed E-state index contributed by atoms with van der Waals surface area (Å²) in [6.07, 6.45) is 3.29. The fraction of sp³-hybridized carbons (Fsp3) is 0.455. The van der Waals surface area contributed by atoms with E-state index in [2.05, 4.69) is 33.2 Å². The van der Waals surface area contributed by atoms with Crippen LogP contribution < -0.4 is 5.32 Å². The zero-order chi connectivity index (χ0) is 11.5. The van der Waals surface area contributed by atoms with Gasteiger partial charge in [-0.05, 0) is 28.9 Å². The van der Waals surface area contributed by atoms with Gasteiger partial charge in [-0.3, -0.25) is 9.78 Å². The molecule has 1 aromatic heterocycles. The number of rotatable bonds is 1. The zero-order valence-corrected chi connectivity index (χ0v) is 13.1. The van der Waals surface area contributed by atoms with Crippen molar-refractivity contribution in [3.05, 3.63) is 28.5 Å². The van der Waals surface area contributed by atoms with Crippen LogP contribution in [-0.4, -0.2) is 41.5 Å². The van der Waals surface area contributed by atoms with Crippen molar-refractivity contribution in [2.45, 2.75) is 13.0 Å². The van der Waals surface area contributed by atoms with E-state index in [0.29, 0.717) is 5.56 Å². The Morgan fingerprint density at radius 2 is 2.22 bits per heavy atom. The number of hydrogen-bond acceptors (Lipinski definition) is 3. The average molecular weight is 357 g/mol. The van der Waals surface area contributed by atoms with Gasteiger partial charge in [-0.1, -0.05) is 0 Å². The number of carbonyl (C=O) groups excluding carboxylic acids is 1. The van der Waals surface area contributed by atoms with Crippen molar-refractivity contribution in [2.24, 2.45) is 0 Å². The molecular weight excluding hydrogens is 341 g/mol. The van der Waals surface area contributed by atoms with Crippen molar-refractivity contribution in [2.75, 3.05) is 19.6 Å². The first-order valence-corrected chi connectivity index (χ1v) is 6.10. The quantitative estimate of drug-likeness (QED) is 0.838. The molecule has 2 heterocycles. The van der Waals surface area contributed by atoms with E-state index in [1.165, 1.54) is 0 Å². The third kappa shape index (κ3) is 4.09. The Hall–Kier alpha value is -0.360. The topological polar surface area (TPSA) is 45.2 Å². The smallest absolute Gasteiger partial charge is 0.255 e. The molecule has 0 bridgehead atoms. The summed E-state index contributed by atoms with van der Waals surface area (Å²) >= 11 is 3.32. The molecule has 0 radical (unpaired) electrons. The second-order valence-electron chi connectivity index (χ2n) is 3.94. The number of hydrogen-bond donors (Lipinski definition) is 1. The van der Waals surface area contributed by atoms with Crippen LogP contribution >= 0.6 is 40.7 Å². The maximum Gasteiger partial charge on any atom is 0.255 e. The van der Waals surface area contributed by atoms with Crippen LogP contribution in [0, 0.1) is 0 Å². The number of aromatic nitrogens is 1. The lowest BCUT2D eigenvalue weighted by molar-refractivity contribution is 0.0655. The van der Waals surface area contributed by atoms with Gasteiger partial charge in [0.1, 0.15) is 0 Å². The van der Waals surface area contributed by atoms with Gasteiger partial charge in [0.05, 0.1) is 5.56 Å². The summed E-state index contributed by atoms with van der Waals surface area (Å²) in [6.45, 7) is 4.52. The molecule has 0 aliphatic carbocycles. The minimum Gasteiger partial charge on any atom is -0.333 e. The fourth-order valence-electron chi connectivity index (χ4n) is 1.84. The first-order valence-electron chi connectivity index (χ1n) is 5.30. The monoisotopic (exact) mass is 355 g/mol. The molecule has 7 heteroatoms. The molecule has 1 N–H and O–H groups in total. The molecule has 1 aliphatic rings. The van der Waals surface area contributed by atoms with Crippen molar-refractivity contribution < 1.29 is 4.79 Å². The minimum atomic E-state index is 0. The molecule has 0 aromatic carbocycles. The fourth-order valence-corrected chi connectivity index (χ4v) is 2.20. The van der Waals surface area contributed by atoms with E-state index < -0.39 is 0 Å². The van der Waals surface area contributed by atoms with Gasteiger partial charge in [-0.2, -0.15) is 0 Å². The molecule has 1 aromatic rings. The van der Waals surface area contributed by atoms with E-state index in [4.69, 9.17) is 0 Å². The molecule has 0 spiro atoms. The normalized spacial score (nSPS) is 18.6. The highest BCUT2D eigenvalue weighted by atomic mass is 79.9. The summed E-state index contributed by atoms with van der Waals surface area (Å²) in [4.78, 5) is 18.1. The Morgan fingerprint density at radius 3 is 2.83 bits per heavy atom. The molecule has 1 aliphatic heterocycles. The van der Waals surface area contributed by atoms with Crippen LogP contribution in [0.2, 0.25) is 0 Å². The largest absolute Gasteiger partial charge is 0.333 e. The van der Waals surface area contributed by atoms with Crippen molar-refractivity contribution in [3.63, 3.8) is 0 Å². The van der Waals surface area contributed by atoms with Crippen LogP contribution in [0.4, 0.5) is 0 Å². The van der Waals surface area contributed by atoms with Gasteiger partial charge in [-0.15, -0.1) is 24.8 Å². The Balaban J connectivity index is 0.00000144. The van der Waals surface area contributed by atoms with Crippen LogP contribution in [0.5, 0.6) is 0 Å². The first-order chi connectivity index (χ1) is 7.68. The third-order valence-electron chi connectivity index (χ3n) is 2.71. The first kappa shape index (κ1) is 17.6. The third-order valence-corrected chi connectivity index (χ3v) is 3.15. The van der Waals surface area contributed by atoms with Gasteiger partial charge in [0.25, 0.3) is 5.91 Å². The standard InChI is InChI=1S/C11H14BrN3O.2ClH/c1-8-5-13-2-3-15(8)11(16)9-4-10(12)7-14-6-9;;/h4,6-8,13H,2-3,5H2,1H3;2*1H. The van der Waals surface area contributed by atoms with Crippen LogP contribution in [-0.2, 0) is 0 Å². The van der Waals surface area contributed by atoms with Crippen LogP contribution in [0.3, 0.4) is 0 Å². The number of carbonyl (C=O) groups is 1. The van der Waals surface area contributed by atoms with E-state index in [-0.39, 0.29) is 36.8 Å². The molecule has 1 atom stereocenters. The number of nitrogens with zero attached hydrogens (tertiary/aromatic N) is 2. The van der Waals surface area contributed by atoms with E-state index in [1.807, 2.05) is 11.0 Å². The van der Waals surface area contributed by atoms with E-state index in [1.54, 1.807) is 12.4 Å². The van der Waals surface area contributed by atoms with Gasteiger partial charge >= 0.3 is 0 Å². The second-order valence-corrected chi connectivity index (χ2v) is 4.86. The molecule has 102 valence electrons. The highest BCUT2D eigenvalue weighted by Gasteiger charge is 2.24. The average Bonchev–Trinajstić information content (AvgIpc) is 2.29. The maximum atomic E-state index is 12.2. The lowest BCUT2D eigenvalue weighted by Crippen LogP contribution is -2.52. The molecule has 1 fully saturated rings. The molecule has 18 heavy (non-hydrogen) atoms.